The molecule has 218 valence electrons. The number of hydrogen-bond acceptors (Lipinski definition) is 10. The normalized spacial score (nSPS) is 22.7. The van der Waals surface area contributed by atoms with Gasteiger partial charge in [-0.05, 0) is 31.9 Å². The molecule has 12 heteroatoms. The van der Waals surface area contributed by atoms with Gasteiger partial charge in [0, 0.05) is 50.8 Å². The maximum atomic E-state index is 12.4. The highest BCUT2D eigenvalue weighted by atomic mass is 16.7. The van der Waals surface area contributed by atoms with Gasteiger partial charge < -0.3 is 24.3 Å². The highest BCUT2D eigenvalue weighted by Gasteiger charge is 2.40. The summed E-state index contributed by atoms with van der Waals surface area (Å²) in [7, 11) is 0. The van der Waals surface area contributed by atoms with E-state index in [4.69, 9.17) is 18.9 Å². The first-order valence-electron chi connectivity index (χ1n) is 13.7. The van der Waals surface area contributed by atoms with E-state index in [0.29, 0.717) is 18.2 Å². The number of piperidine rings is 1. The Kier molecular flexibility index (Phi) is 10.5. The fourth-order valence-corrected chi connectivity index (χ4v) is 5.08. The van der Waals surface area contributed by atoms with E-state index in [1.54, 1.807) is 6.92 Å². The lowest BCUT2D eigenvalue weighted by molar-refractivity contribution is -0.150. The van der Waals surface area contributed by atoms with Crippen LogP contribution in [0.5, 0.6) is 0 Å². The summed E-state index contributed by atoms with van der Waals surface area (Å²) in [5.74, 6) is -0.530. The van der Waals surface area contributed by atoms with Crippen molar-refractivity contribution in [2.75, 3.05) is 32.8 Å². The second-order valence-corrected chi connectivity index (χ2v) is 10.3. The van der Waals surface area contributed by atoms with E-state index in [2.05, 4.69) is 27.3 Å². The maximum absolute atomic E-state index is 12.4. The number of H-pyrrole nitrogens is 1. The molecule has 2 fully saturated rings. The van der Waals surface area contributed by atoms with Gasteiger partial charge in [-0.1, -0.05) is 36.8 Å². The lowest BCUT2D eigenvalue weighted by Crippen LogP contribution is -2.44. The molecule has 12 nitrogen and oxygen atoms in total. The van der Waals surface area contributed by atoms with Crippen molar-refractivity contribution < 1.29 is 28.5 Å². The van der Waals surface area contributed by atoms with E-state index in [1.807, 2.05) is 18.2 Å². The zero-order valence-corrected chi connectivity index (χ0v) is 23.0. The molecule has 0 amide bonds. The molecular formula is C28H38N4O8. The van der Waals surface area contributed by atoms with Crippen LogP contribution in [-0.2, 0) is 30.3 Å². The Bertz CT molecular complexity index is 1240. The molecule has 2 aliphatic heterocycles. The van der Waals surface area contributed by atoms with Gasteiger partial charge in [-0.25, -0.2) is 9.59 Å². The highest BCUT2D eigenvalue weighted by molar-refractivity contribution is 5.66. The average molecular weight is 559 g/mol. The molecule has 2 aromatic rings. The van der Waals surface area contributed by atoms with Crippen LogP contribution in [-0.4, -0.2) is 77.7 Å². The fraction of sp³-hybridized carbons (Fsp3) is 0.571. The van der Waals surface area contributed by atoms with Gasteiger partial charge in [0.2, 0.25) is 0 Å². The van der Waals surface area contributed by atoms with Crippen LogP contribution in [0.2, 0.25) is 0 Å². The molecule has 0 aliphatic carbocycles. The second kappa shape index (κ2) is 14.2. The third kappa shape index (κ3) is 8.51. The van der Waals surface area contributed by atoms with Crippen molar-refractivity contribution in [1.29, 1.82) is 0 Å². The molecule has 0 spiro atoms. The summed E-state index contributed by atoms with van der Waals surface area (Å²) in [4.78, 5) is 52.6. The van der Waals surface area contributed by atoms with Crippen molar-refractivity contribution in [3.05, 3.63) is 68.5 Å². The Labute approximate surface area is 232 Å². The van der Waals surface area contributed by atoms with E-state index < -0.39 is 41.8 Å². The minimum atomic E-state index is -0.860. The van der Waals surface area contributed by atoms with Crippen molar-refractivity contribution in [2.45, 2.75) is 70.6 Å². The third-order valence-electron chi connectivity index (χ3n) is 7.09. The number of carbonyl (C=O) groups is 2. The SMILES string of the molecule is CC(=O)OC1C[C@H](n2cc(C)c(=O)[nH]c2=O)O[C@@H]1COC(=O)OCCN(Cc1ccccc1)CC1CCCCN1. The van der Waals surface area contributed by atoms with E-state index in [9.17, 15) is 19.2 Å². The number of nitrogens with zero attached hydrogens (tertiary/aromatic N) is 2. The lowest BCUT2D eigenvalue weighted by Gasteiger charge is -2.30. The molecule has 4 rings (SSSR count). The van der Waals surface area contributed by atoms with Gasteiger partial charge in [-0.3, -0.25) is 24.0 Å². The minimum absolute atomic E-state index is 0.145. The van der Waals surface area contributed by atoms with Crippen molar-refractivity contribution in [3.8, 4) is 0 Å². The maximum Gasteiger partial charge on any atom is 0.508 e. The van der Waals surface area contributed by atoms with Gasteiger partial charge in [-0.15, -0.1) is 0 Å². The highest BCUT2D eigenvalue weighted by Crippen LogP contribution is 2.30. The minimum Gasteiger partial charge on any atom is -0.459 e. The van der Waals surface area contributed by atoms with Crippen LogP contribution >= 0.6 is 0 Å². The Morgan fingerprint density at radius 1 is 1.15 bits per heavy atom. The summed E-state index contributed by atoms with van der Waals surface area (Å²) >= 11 is 0. The smallest absolute Gasteiger partial charge is 0.459 e. The topological polar surface area (TPSA) is 141 Å². The van der Waals surface area contributed by atoms with Crippen molar-refractivity contribution >= 4 is 12.1 Å². The standard InChI is InChI=1S/C28H38N4O8/c1-19-15-32(27(35)30-26(19)34)25-14-23(39-20(2)33)24(40-25)18-38-28(36)37-13-12-31(16-21-8-4-3-5-9-21)17-22-10-6-7-11-29-22/h3-5,8-9,15,22-25,29H,6-7,10-14,16-18H2,1-2H3,(H,30,34,35)/t22?,23?,24-,25-/m1/s1. The molecule has 1 aromatic carbocycles. The van der Waals surface area contributed by atoms with Gasteiger partial charge in [0.05, 0.1) is 0 Å². The Morgan fingerprint density at radius 2 is 1.95 bits per heavy atom. The summed E-state index contributed by atoms with van der Waals surface area (Å²) < 4.78 is 23.1. The second-order valence-electron chi connectivity index (χ2n) is 10.3. The quantitative estimate of drug-likeness (QED) is 0.393. The van der Waals surface area contributed by atoms with Crippen LogP contribution in [0, 0.1) is 6.92 Å². The number of nitrogens with one attached hydrogen (secondary N) is 2. The number of esters is 1. The van der Waals surface area contributed by atoms with Gasteiger partial charge >= 0.3 is 17.8 Å². The summed E-state index contributed by atoms with van der Waals surface area (Å²) in [6.07, 6.45) is 1.81. The lowest BCUT2D eigenvalue weighted by atomic mass is 10.0. The number of benzene rings is 1. The predicted octanol–water partition coefficient (Wildman–Crippen LogP) is 1.86. The number of aromatic nitrogens is 2. The van der Waals surface area contributed by atoms with Crippen molar-refractivity contribution in [2.24, 2.45) is 0 Å². The molecule has 2 N–H and O–H groups in total. The van der Waals surface area contributed by atoms with Crippen molar-refractivity contribution in [1.82, 2.24) is 19.8 Å². The number of rotatable bonds is 11. The Balaban J connectivity index is 1.29. The zero-order chi connectivity index (χ0) is 28.5. The summed E-state index contributed by atoms with van der Waals surface area (Å²) in [6, 6.07) is 10.5. The number of aryl methyl sites for hydroxylation is 1. The first-order chi connectivity index (χ1) is 19.3. The molecular weight excluding hydrogens is 520 g/mol. The largest absolute Gasteiger partial charge is 0.508 e. The van der Waals surface area contributed by atoms with E-state index in [1.165, 1.54) is 36.1 Å². The molecule has 0 radical (unpaired) electrons. The van der Waals surface area contributed by atoms with Gasteiger partial charge in [0.15, 0.2) is 0 Å². The summed E-state index contributed by atoms with van der Waals surface area (Å²) in [5.41, 5.74) is 0.376. The van der Waals surface area contributed by atoms with Crippen LogP contribution in [0.4, 0.5) is 4.79 Å². The molecule has 2 saturated heterocycles. The van der Waals surface area contributed by atoms with Crippen molar-refractivity contribution in [3.63, 3.8) is 0 Å². The monoisotopic (exact) mass is 558 g/mol. The molecule has 1 aromatic heterocycles. The molecule has 3 heterocycles. The number of hydrogen-bond donors (Lipinski definition) is 2. The molecule has 40 heavy (non-hydrogen) atoms. The average Bonchev–Trinajstić information content (AvgIpc) is 3.32. The van der Waals surface area contributed by atoms with Gasteiger partial charge in [-0.2, -0.15) is 0 Å². The Morgan fingerprint density at radius 3 is 2.67 bits per heavy atom. The molecule has 0 saturated carbocycles. The van der Waals surface area contributed by atoms with E-state index >= 15 is 0 Å². The molecule has 2 aliphatic rings. The zero-order valence-electron chi connectivity index (χ0n) is 23.0. The van der Waals surface area contributed by atoms with Crippen LogP contribution in [0.3, 0.4) is 0 Å². The van der Waals surface area contributed by atoms with Crippen LogP contribution in [0.1, 0.15) is 50.0 Å². The molecule has 2 unspecified atom stereocenters. The van der Waals surface area contributed by atoms with E-state index in [0.717, 1.165) is 26.1 Å². The third-order valence-corrected chi connectivity index (χ3v) is 7.09. The summed E-state index contributed by atoms with van der Waals surface area (Å²) in [6.45, 7) is 5.88. The number of carbonyl (C=O) groups excluding carboxylic acids is 2. The van der Waals surface area contributed by atoms with Gasteiger partial charge in [0.25, 0.3) is 5.56 Å². The van der Waals surface area contributed by atoms with Crippen LogP contribution in [0.25, 0.3) is 0 Å². The molecule has 4 atom stereocenters. The predicted molar refractivity (Wildman–Crippen MR) is 145 cm³/mol. The van der Waals surface area contributed by atoms with Gasteiger partial charge in [0.1, 0.15) is 31.6 Å². The fourth-order valence-electron chi connectivity index (χ4n) is 5.08. The van der Waals surface area contributed by atoms with E-state index in [-0.39, 0.29) is 19.6 Å². The van der Waals surface area contributed by atoms with Crippen LogP contribution in [0.15, 0.2) is 46.1 Å². The van der Waals surface area contributed by atoms with Crippen LogP contribution < -0.4 is 16.6 Å². The Hall–Kier alpha value is -3.48. The first-order valence-corrected chi connectivity index (χ1v) is 13.7. The first kappa shape index (κ1) is 29.5. The number of aromatic amines is 1. The summed E-state index contributed by atoms with van der Waals surface area (Å²) in [5, 5.41) is 3.57. The molecule has 0 bridgehead atoms. The number of ether oxygens (including phenoxy) is 4.